The molecule has 1 aliphatic carbocycles. The smallest absolute Gasteiger partial charge is 0.248 e. The zero-order chi connectivity index (χ0) is 20.8. The highest BCUT2D eigenvalue weighted by Gasteiger charge is 2.36. The fraction of sp³-hybridized carbons (Fsp3) is 0.389. The van der Waals surface area contributed by atoms with Crippen LogP contribution in [0.1, 0.15) is 31.2 Å². The average molecular weight is 422 g/mol. The summed E-state index contributed by atoms with van der Waals surface area (Å²) >= 11 is 0. The predicted octanol–water partition coefficient (Wildman–Crippen LogP) is 2.54. The van der Waals surface area contributed by atoms with Crippen LogP contribution < -0.4 is 10.5 Å². The van der Waals surface area contributed by atoms with Gasteiger partial charge in [0.25, 0.3) is 0 Å². The number of nitrogens with one attached hydrogen (secondary N) is 1. The van der Waals surface area contributed by atoms with Crippen molar-refractivity contribution in [1.82, 2.24) is 24.3 Å². The van der Waals surface area contributed by atoms with Crippen LogP contribution in [0.5, 0.6) is 0 Å². The van der Waals surface area contributed by atoms with E-state index in [1.807, 2.05) is 6.92 Å². The fourth-order valence-electron chi connectivity index (χ4n) is 3.51. The number of fused-ring (bicyclic) bond motifs is 1. The van der Waals surface area contributed by atoms with Crippen molar-refractivity contribution < 1.29 is 17.2 Å². The molecule has 0 amide bonds. The van der Waals surface area contributed by atoms with Gasteiger partial charge in [0.15, 0.2) is 11.5 Å². The number of alkyl halides is 2. The molecule has 29 heavy (non-hydrogen) atoms. The van der Waals surface area contributed by atoms with E-state index in [2.05, 4.69) is 19.8 Å². The van der Waals surface area contributed by atoms with E-state index >= 15 is 0 Å². The number of anilines is 1. The van der Waals surface area contributed by atoms with Crippen molar-refractivity contribution in [1.29, 1.82) is 0 Å². The van der Waals surface area contributed by atoms with Crippen LogP contribution in [0.3, 0.4) is 0 Å². The number of halogens is 2. The average Bonchev–Trinajstić information content (AvgIpc) is 3.09. The molecule has 1 fully saturated rings. The van der Waals surface area contributed by atoms with Crippen molar-refractivity contribution in [2.24, 2.45) is 0 Å². The number of hydrogen-bond donors (Lipinski definition) is 2. The largest absolute Gasteiger partial charge is 0.381 e. The Morgan fingerprint density at radius 2 is 1.97 bits per heavy atom. The molecule has 11 heteroatoms. The highest BCUT2D eigenvalue weighted by Crippen LogP contribution is 2.34. The summed E-state index contributed by atoms with van der Waals surface area (Å²) in [6, 6.07) is 4.19. The van der Waals surface area contributed by atoms with Crippen molar-refractivity contribution in [3.8, 4) is 11.3 Å². The number of benzene rings is 1. The van der Waals surface area contributed by atoms with Crippen LogP contribution in [-0.4, -0.2) is 40.0 Å². The first kappa shape index (κ1) is 19.6. The molecule has 0 bridgehead atoms. The van der Waals surface area contributed by atoms with Gasteiger partial charge in [-0.15, -0.1) is 0 Å². The molecule has 1 saturated carbocycles. The van der Waals surface area contributed by atoms with Crippen LogP contribution in [-0.2, 0) is 10.0 Å². The number of imidazole rings is 1. The highest BCUT2D eigenvalue weighted by molar-refractivity contribution is 7.89. The molecule has 0 spiro atoms. The van der Waals surface area contributed by atoms with Crippen molar-refractivity contribution >= 4 is 21.5 Å². The lowest BCUT2D eigenvalue weighted by atomic mass is 9.93. The van der Waals surface area contributed by atoms with Crippen LogP contribution in [0.15, 0.2) is 35.6 Å². The second kappa shape index (κ2) is 6.99. The first-order chi connectivity index (χ1) is 13.7. The van der Waals surface area contributed by atoms with Crippen LogP contribution >= 0.6 is 0 Å². The summed E-state index contributed by atoms with van der Waals surface area (Å²) in [5.41, 5.74) is 8.20. The number of aromatic nitrogens is 4. The van der Waals surface area contributed by atoms with Crippen LogP contribution in [0.25, 0.3) is 16.9 Å². The number of nitrogens with zero attached hydrogens (tertiary/aromatic N) is 4. The zero-order valence-electron chi connectivity index (χ0n) is 15.6. The van der Waals surface area contributed by atoms with Crippen molar-refractivity contribution in [2.45, 2.75) is 49.5 Å². The Morgan fingerprint density at radius 1 is 1.24 bits per heavy atom. The lowest BCUT2D eigenvalue weighted by molar-refractivity contribution is -0.0387. The lowest BCUT2D eigenvalue weighted by Gasteiger charge is -2.28. The molecule has 1 aromatic carbocycles. The molecule has 3 aromatic rings. The second-order valence-corrected chi connectivity index (χ2v) is 8.97. The van der Waals surface area contributed by atoms with Gasteiger partial charge in [-0.25, -0.2) is 36.4 Å². The first-order valence-corrected chi connectivity index (χ1v) is 10.6. The monoisotopic (exact) mass is 422 g/mol. The number of rotatable bonds is 4. The molecule has 4 rings (SSSR count). The Morgan fingerprint density at radius 3 is 2.69 bits per heavy atom. The topological polar surface area (TPSA) is 115 Å². The summed E-state index contributed by atoms with van der Waals surface area (Å²) in [6.07, 6.45) is 2.42. The van der Waals surface area contributed by atoms with Crippen molar-refractivity contribution in [3.05, 3.63) is 36.3 Å². The molecule has 1 aliphatic rings. The van der Waals surface area contributed by atoms with E-state index in [4.69, 9.17) is 5.73 Å². The summed E-state index contributed by atoms with van der Waals surface area (Å²) in [5.74, 6) is -2.51. The van der Waals surface area contributed by atoms with Crippen LogP contribution in [0.4, 0.5) is 14.6 Å². The van der Waals surface area contributed by atoms with Gasteiger partial charge >= 0.3 is 0 Å². The van der Waals surface area contributed by atoms with E-state index in [1.54, 1.807) is 12.3 Å². The molecular weight excluding hydrogens is 402 g/mol. The molecular formula is C18H20F2N6O2S. The highest BCUT2D eigenvalue weighted by atomic mass is 32.2. The molecule has 8 nitrogen and oxygen atoms in total. The molecule has 0 unspecified atom stereocenters. The van der Waals surface area contributed by atoms with E-state index in [0.717, 1.165) is 5.56 Å². The van der Waals surface area contributed by atoms with Gasteiger partial charge in [-0.3, -0.25) is 0 Å². The Labute approximate surface area is 166 Å². The minimum Gasteiger partial charge on any atom is -0.381 e. The third-order valence-electron chi connectivity index (χ3n) is 5.17. The molecule has 3 N–H and O–H groups in total. The standard InChI is InChI=1S/C18H20F2N6O2S/c1-11-2-3-13(29(27,28)25-12-4-6-18(19,20)7-5-12)8-14(11)15-9-22-17-16(21)23-10-24-26(15)17/h2-3,8-10,12,25H,4-7H2,1H3,(H2,21,23,24). The summed E-state index contributed by atoms with van der Waals surface area (Å²) in [5, 5.41) is 4.15. The van der Waals surface area contributed by atoms with Crippen molar-refractivity contribution in [2.75, 3.05) is 5.73 Å². The van der Waals surface area contributed by atoms with Gasteiger partial charge in [-0.1, -0.05) is 6.07 Å². The number of nitrogens with two attached hydrogens (primary N) is 1. The van der Waals surface area contributed by atoms with Crippen LogP contribution in [0, 0.1) is 6.92 Å². The van der Waals surface area contributed by atoms with Gasteiger partial charge in [-0.05, 0) is 37.5 Å². The second-order valence-electron chi connectivity index (χ2n) is 7.25. The minimum absolute atomic E-state index is 0.0485. The molecule has 0 radical (unpaired) electrons. The Balaban J connectivity index is 1.67. The SMILES string of the molecule is Cc1ccc(S(=O)(=O)NC2CCC(F)(F)CC2)cc1-c1cnc2c(N)ncnn12. The molecule has 0 saturated heterocycles. The van der Waals surface area contributed by atoms with E-state index in [9.17, 15) is 17.2 Å². The zero-order valence-corrected chi connectivity index (χ0v) is 16.5. The Kier molecular flexibility index (Phi) is 4.74. The normalized spacial score (nSPS) is 17.6. The Hall–Kier alpha value is -2.66. The third kappa shape index (κ3) is 3.79. The molecule has 154 valence electrons. The summed E-state index contributed by atoms with van der Waals surface area (Å²) in [4.78, 5) is 8.15. The predicted molar refractivity (Wildman–Crippen MR) is 103 cm³/mol. The van der Waals surface area contributed by atoms with E-state index in [-0.39, 0.29) is 36.4 Å². The minimum atomic E-state index is -3.87. The van der Waals surface area contributed by atoms with E-state index < -0.39 is 22.0 Å². The van der Waals surface area contributed by atoms with Gasteiger partial charge < -0.3 is 5.73 Å². The number of hydrogen-bond acceptors (Lipinski definition) is 6. The van der Waals surface area contributed by atoms with Gasteiger partial charge in [0.05, 0.1) is 16.8 Å². The van der Waals surface area contributed by atoms with Crippen molar-refractivity contribution in [3.63, 3.8) is 0 Å². The molecule has 2 aromatic heterocycles. The molecule has 2 heterocycles. The number of aryl methyl sites for hydroxylation is 1. The maximum Gasteiger partial charge on any atom is 0.248 e. The molecule has 0 aliphatic heterocycles. The number of sulfonamides is 1. The summed E-state index contributed by atoms with van der Waals surface area (Å²) in [6.45, 7) is 1.84. The van der Waals surface area contributed by atoms with Gasteiger partial charge in [0.2, 0.25) is 15.9 Å². The van der Waals surface area contributed by atoms with Gasteiger partial charge in [0, 0.05) is 24.4 Å². The van der Waals surface area contributed by atoms with Crippen LogP contribution in [0.2, 0.25) is 0 Å². The van der Waals surface area contributed by atoms with E-state index in [0.29, 0.717) is 16.9 Å². The summed E-state index contributed by atoms with van der Waals surface area (Å²) in [7, 11) is -3.87. The maximum absolute atomic E-state index is 13.3. The van der Waals surface area contributed by atoms with Gasteiger partial charge in [0.1, 0.15) is 6.33 Å². The summed E-state index contributed by atoms with van der Waals surface area (Å²) < 4.78 is 56.4. The quantitative estimate of drug-likeness (QED) is 0.668. The molecule has 0 atom stereocenters. The first-order valence-electron chi connectivity index (χ1n) is 9.12. The van der Waals surface area contributed by atoms with Gasteiger partial charge in [-0.2, -0.15) is 5.10 Å². The van der Waals surface area contributed by atoms with E-state index in [1.165, 1.54) is 23.0 Å². The number of nitrogen functional groups attached to an aromatic ring is 1. The lowest BCUT2D eigenvalue weighted by Crippen LogP contribution is -2.40. The Bertz CT molecular complexity index is 1170. The fourth-order valence-corrected chi connectivity index (χ4v) is 4.84. The third-order valence-corrected chi connectivity index (χ3v) is 6.68. The maximum atomic E-state index is 13.3.